The van der Waals surface area contributed by atoms with E-state index < -0.39 is 21.5 Å². The Labute approximate surface area is 140 Å². The van der Waals surface area contributed by atoms with Crippen LogP contribution in [0.4, 0.5) is 11.4 Å². The number of hydrogen-bond acceptors (Lipinski definition) is 7. The van der Waals surface area contributed by atoms with Crippen molar-refractivity contribution in [1.82, 2.24) is 5.43 Å². The number of nitro benzene ring substituents is 2. The van der Waals surface area contributed by atoms with E-state index in [0.717, 1.165) is 18.2 Å². The Balaban J connectivity index is 2.22. The van der Waals surface area contributed by atoms with Crippen molar-refractivity contribution in [3.63, 3.8) is 0 Å². The van der Waals surface area contributed by atoms with Crippen LogP contribution in [-0.2, 0) is 0 Å². The standard InChI is InChI=1S/C15H12N4O6/c1-9(10-3-2-4-11(7-10)18(22)23)16-17-15(21)13-8-12(19(24)25)5-6-14(13)20/h2-8,20H,1H3,(H,17,21)/b16-9-. The van der Waals surface area contributed by atoms with Crippen LogP contribution in [0.3, 0.4) is 0 Å². The third-order valence-electron chi connectivity index (χ3n) is 3.24. The van der Waals surface area contributed by atoms with Gasteiger partial charge in [0.1, 0.15) is 5.75 Å². The maximum absolute atomic E-state index is 12.0. The van der Waals surface area contributed by atoms with Crippen molar-refractivity contribution < 1.29 is 19.7 Å². The summed E-state index contributed by atoms with van der Waals surface area (Å²) in [5, 5.41) is 35.0. The van der Waals surface area contributed by atoms with Gasteiger partial charge in [-0.05, 0) is 13.0 Å². The van der Waals surface area contributed by atoms with Gasteiger partial charge >= 0.3 is 0 Å². The second kappa shape index (κ2) is 7.17. The highest BCUT2D eigenvalue weighted by molar-refractivity contribution is 6.02. The predicted molar refractivity (Wildman–Crippen MR) is 87.5 cm³/mol. The van der Waals surface area contributed by atoms with Crippen molar-refractivity contribution in [1.29, 1.82) is 0 Å². The first-order chi connectivity index (χ1) is 11.8. The lowest BCUT2D eigenvalue weighted by molar-refractivity contribution is -0.385. The highest BCUT2D eigenvalue weighted by Crippen LogP contribution is 2.22. The van der Waals surface area contributed by atoms with E-state index in [4.69, 9.17) is 0 Å². The number of carbonyl (C=O) groups excluding carboxylic acids is 1. The van der Waals surface area contributed by atoms with Crippen LogP contribution in [-0.4, -0.2) is 26.6 Å². The molecule has 10 heteroatoms. The molecular formula is C15H12N4O6. The molecule has 2 rings (SSSR count). The maximum Gasteiger partial charge on any atom is 0.275 e. The minimum Gasteiger partial charge on any atom is -0.507 e. The first-order valence-corrected chi connectivity index (χ1v) is 6.86. The number of aromatic hydroxyl groups is 1. The Hall–Kier alpha value is -3.82. The van der Waals surface area contributed by atoms with Gasteiger partial charge in [0.25, 0.3) is 17.3 Å². The normalized spacial score (nSPS) is 11.0. The number of hydrogen-bond donors (Lipinski definition) is 2. The predicted octanol–water partition coefficient (Wildman–Crippen LogP) is 2.36. The van der Waals surface area contributed by atoms with E-state index >= 15 is 0 Å². The van der Waals surface area contributed by atoms with Crippen LogP contribution in [0.15, 0.2) is 47.6 Å². The molecule has 128 valence electrons. The lowest BCUT2D eigenvalue weighted by atomic mass is 10.1. The van der Waals surface area contributed by atoms with Crippen molar-refractivity contribution in [3.05, 3.63) is 73.8 Å². The van der Waals surface area contributed by atoms with Gasteiger partial charge in [-0.3, -0.25) is 25.0 Å². The van der Waals surface area contributed by atoms with E-state index in [-0.39, 0.29) is 22.6 Å². The third kappa shape index (κ3) is 4.13. The van der Waals surface area contributed by atoms with E-state index in [9.17, 15) is 30.1 Å². The first-order valence-electron chi connectivity index (χ1n) is 6.86. The van der Waals surface area contributed by atoms with Crippen LogP contribution in [0.1, 0.15) is 22.8 Å². The first kappa shape index (κ1) is 17.5. The van der Waals surface area contributed by atoms with E-state index in [2.05, 4.69) is 10.5 Å². The molecule has 0 bridgehead atoms. The fourth-order valence-electron chi connectivity index (χ4n) is 1.92. The molecule has 2 aromatic carbocycles. The van der Waals surface area contributed by atoms with Crippen molar-refractivity contribution in [3.8, 4) is 5.75 Å². The number of nitrogens with one attached hydrogen (secondary N) is 1. The molecule has 0 aromatic heterocycles. The average Bonchev–Trinajstić information content (AvgIpc) is 2.59. The fraction of sp³-hybridized carbons (Fsp3) is 0.0667. The van der Waals surface area contributed by atoms with Crippen molar-refractivity contribution in [2.24, 2.45) is 5.10 Å². The summed E-state index contributed by atoms with van der Waals surface area (Å²) < 4.78 is 0. The molecule has 2 N–H and O–H groups in total. The van der Waals surface area contributed by atoms with Gasteiger partial charge in [0.15, 0.2) is 0 Å². The molecule has 0 unspecified atom stereocenters. The second-order valence-corrected chi connectivity index (χ2v) is 4.90. The Morgan fingerprint density at radius 3 is 2.36 bits per heavy atom. The third-order valence-corrected chi connectivity index (χ3v) is 3.24. The number of amides is 1. The Morgan fingerprint density at radius 2 is 1.72 bits per heavy atom. The lowest BCUT2D eigenvalue weighted by Gasteiger charge is -2.05. The summed E-state index contributed by atoms with van der Waals surface area (Å²) in [5.74, 6) is -1.29. The Bertz CT molecular complexity index is 893. The molecule has 1 amide bonds. The number of phenols is 1. The maximum atomic E-state index is 12.0. The van der Waals surface area contributed by atoms with Crippen LogP contribution in [0.2, 0.25) is 0 Å². The molecule has 0 saturated carbocycles. The van der Waals surface area contributed by atoms with Crippen LogP contribution in [0, 0.1) is 20.2 Å². The van der Waals surface area contributed by atoms with Gasteiger partial charge in [-0.2, -0.15) is 5.10 Å². The number of benzene rings is 2. The summed E-state index contributed by atoms with van der Waals surface area (Å²) in [6.45, 7) is 1.52. The SMILES string of the molecule is C/C(=N/NC(=O)c1cc([N+](=O)[O-])ccc1O)c1cccc([N+](=O)[O-])c1. The highest BCUT2D eigenvalue weighted by atomic mass is 16.6. The van der Waals surface area contributed by atoms with Gasteiger partial charge in [0.05, 0.1) is 21.1 Å². The Kier molecular flexibility index (Phi) is 5.03. The van der Waals surface area contributed by atoms with E-state index in [1.54, 1.807) is 6.07 Å². The second-order valence-electron chi connectivity index (χ2n) is 4.90. The van der Waals surface area contributed by atoms with E-state index in [1.165, 1.54) is 25.1 Å². The Morgan fingerprint density at radius 1 is 1.08 bits per heavy atom. The summed E-state index contributed by atoms with van der Waals surface area (Å²) in [6.07, 6.45) is 0. The quantitative estimate of drug-likeness (QED) is 0.483. The topological polar surface area (TPSA) is 148 Å². The molecule has 0 aliphatic carbocycles. The van der Waals surface area contributed by atoms with Crippen LogP contribution in [0.5, 0.6) is 5.75 Å². The van der Waals surface area contributed by atoms with Crippen molar-refractivity contribution >= 4 is 23.0 Å². The molecule has 0 radical (unpaired) electrons. The largest absolute Gasteiger partial charge is 0.507 e. The van der Waals surface area contributed by atoms with Gasteiger partial charge in [0, 0.05) is 29.8 Å². The smallest absolute Gasteiger partial charge is 0.275 e. The zero-order valence-electron chi connectivity index (χ0n) is 12.9. The minimum atomic E-state index is -0.856. The fourth-order valence-corrected chi connectivity index (χ4v) is 1.92. The zero-order chi connectivity index (χ0) is 18.6. The number of phenolic OH excluding ortho intramolecular Hbond substituents is 1. The zero-order valence-corrected chi connectivity index (χ0v) is 12.9. The summed E-state index contributed by atoms with van der Waals surface area (Å²) in [7, 11) is 0. The molecule has 0 aliphatic heterocycles. The molecule has 0 fully saturated rings. The number of carbonyl (C=O) groups is 1. The summed E-state index contributed by atoms with van der Waals surface area (Å²) in [6, 6.07) is 8.66. The number of non-ortho nitro benzene ring substituents is 2. The van der Waals surface area contributed by atoms with Gasteiger partial charge in [0.2, 0.25) is 0 Å². The molecule has 0 atom stereocenters. The van der Waals surface area contributed by atoms with Crippen LogP contribution < -0.4 is 5.43 Å². The van der Waals surface area contributed by atoms with E-state index in [1.807, 2.05) is 0 Å². The number of hydrazone groups is 1. The lowest BCUT2D eigenvalue weighted by Crippen LogP contribution is -2.19. The summed E-state index contributed by atoms with van der Waals surface area (Å²) in [5.41, 5.74) is 2.04. The van der Waals surface area contributed by atoms with Gasteiger partial charge < -0.3 is 5.11 Å². The van der Waals surface area contributed by atoms with Gasteiger partial charge in [-0.25, -0.2) is 5.43 Å². The summed E-state index contributed by atoms with van der Waals surface area (Å²) >= 11 is 0. The molecule has 25 heavy (non-hydrogen) atoms. The molecule has 0 heterocycles. The van der Waals surface area contributed by atoms with Crippen molar-refractivity contribution in [2.75, 3.05) is 0 Å². The highest BCUT2D eigenvalue weighted by Gasteiger charge is 2.16. The van der Waals surface area contributed by atoms with Crippen LogP contribution >= 0.6 is 0 Å². The summed E-state index contributed by atoms with van der Waals surface area (Å²) in [4.78, 5) is 32.3. The number of rotatable bonds is 5. The average molecular weight is 344 g/mol. The molecule has 0 spiro atoms. The monoisotopic (exact) mass is 344 g/mol. The number of nitro groups is 2. The van der Waals surface area contributed by atoms with Crippen molar-refractivity contribution in [2.45, 2.75) is 6.92 Å². The molecule has 0 saturated heterocycles. The van der Waals surface area contributed by atoms with E-state index in [0.29, 0.717) is 5.56 Å². The molecule has 2 aromatic rings. The minimum absolute atomic E-state index is 0.130. The van der Waals surface area contributed by atoms with Gasteiger partial charge in [-0.1, -0.05) is 12.1 Å². The molecular weight excluding hydrogens is 332 g/mol. The van der Waals surface area contributed by atoms with Crippen LogP contribution in [0.25, 0.3) is 0 Å². The number of nitrogens with zero attached hydrogens (tertiary/aromatic N) is 3. The molecule has 0 aliphatic rings. The van der Waals surface area contributed by atoms with Gasteiger partial charge in [-0.15, -0.1) is 0 Å². The molecule has 10 nitrogen and oxygen atoms in total.